The highest BCUT2D eigenvalue weighted by atomic mass is 19.1. The van der Waals surface area contributed by atoms with Gasteiger partial charge >= 0.3 is 0 Å². The second kappa shape index (κ2) is 8.19. The third kappa shape index (κ3) is 3.69. The SMILES string of the molecule is COc1ccc(C2=NN(C(=O)c3cccc(F)c3)[C@@H](c3ccc4nccnc4c3)C2)cc1. The van der Waals surface area contributed by atoms with E-state index in [1.54, 1.807) is 25.6 Å². The summed E-state index contributed by atoms with van der Waals surface area (Å²) in [5.74, 6) is -0.0890. The molecule has 0 N–H and O–H groups in total. The summed E-state index contributed by atoms with van der Waals surface area (Å²) in [6.07, 6.45) is 3.79. The Morgan fingerprint density at radius 1 is 1.00 bits per heavy atom. The van der Waals surface area contributed by atoms with Gasteiger partial charge in [-0.25, -0.2) is 9.40 Å². The Kier molecular flexibility index (Phi) is 5.07. The van der Waals surface area contributed by atoms with Gasteiger partial charge in [0.05, 0.1) is 29.9 Å². The molecule has 1 aliphatic rings. The van der Waals surface area contributed by atoms with E-state index < -0.39 is 5.82 Å². The minimum absolute atomic E-state index is 0.246. The van der Waals surface area contributed by atoms with E-state index in [4.69, 9.17) is 4.74 Å². The van der Waals surface area contributed by atoms with Crippen LogP contribution in [0, 0.1) is 5.82 Å². The first kappa shape index (κ1) is 19.8. The van der Waals surface area contributed by atoms with Crippen molar-refractivity contribution in [2.75, 3.05) is 7.11 Å². The third-order valence-electron chi connectivity index (χ3n) is 5.49. The normalized spacial score (nSPS) is 15.6. The Labute approximate surface area is 184 Å². The standard InChI is InChI=1S/C25H19FN4O2/c1-32-20-8-5-16(6-9-20)22-15-24(17-7-10-21-23(14-17)28-12-11-27-21)30(29-22)25(31)18-3-2-4-19(26)13-18/h2-14,24H,15H2,1H3/t24-/m1/s1. The van der Waals surface area contributed by atoms with Crippen LogP contribution >= 0.6 is 0 Å². The Bertz CT molecular complexity index is 1340. The molecule has 3 aromatic carbocycles. The lowest BCUT2D eigenvalue weighted by Crippen LogP contribution is -2.27. The molecule has 7 heteroatoms. The summed E-state index contributed by atoms with van der Waals surface area (Å²) < 4.78 is 19.0. The molecule has 4 aromatic rings. The van der Waals surface area contributed by atoms with Crippen LogP contribution in [-0.4, -0.2) is 33.7 Å². The first-order valence-electron chi connectivity index (χ1n) is 10.1. The molecule has 1 atom stereocenters. The summed E-state index contributed by atoms with van der Waals surface area (Å²) >= 11 is 0. The Morgan fingerprint density at radius 2 is 1.78 bits per heavy atom. The van der Waals surface area contributed by atoms with Gasteiger partial charge in [0.25, 0.3) is 5.91 Å². The number of benzene rings is 3. The van der Waals surface area contributed by atoms with E-state index in [-0.39, 0.29) is 17.5 Å². The lowest BCUT2D eigenvalue weighted by atomic mass is 9.97. The van der Waals surface area contributed by atoms with Gasteiger partial charge < -0.3 is 4.74 Å². The molecule has 0 aliphatic carbocycles. The zero-order valence-electron chi connectivity index (χ0n) is 17.3. The Morgan fingerprint density at radius 3 is 2.53 bits per heavy atom. The number of nitrogens with zero attached hydrogens (tertiary/aromatic N) is 4. The molecule has 0 spiro atoms. The number of fused-ring (bicyclic) bond motifs is 1. The molecule has 32 heavy (non-hydrogen) atoms. The van der Waals surface area contributed by atoms with Gasteiger partial charge in [-0.05, 0) is 65.7 Å². The molecule has 158 valence electrons. The topological polar surface area (TPSA) is 67.7 Å². The molecule has 1 aliphatic heterocycles. The van der Waals surface area contributed by atoms with Gasteiger partial charge in [-0.15, -0.1) is 0 Å². The quantitative estimate of drug-likeness (QED) is 0.472. The number of halogens is 1. The Balaban J connectivity index is 1.56. The van der Waals surface area contributed by atoms with Gasteiger partial charge in [-0.2, -0.15) is 5.10 Å². The van der Waals surface area contributed by atoms with Crippen LogP contribution in [0.4, 0.5) is 4.39 Å². The van der Waals surface area contributed by atoms with Crippen molar-refractivity contribution in [2.24, 2.45) is 5.10 Å². The molecule has 5 rings (SSSR count). The fraction of sp³-hybridized carbons (Fsp3) is 0.120. The van der Waals surface area contributed by atoms with E-state index in [9.17, 15) is 9.18 Å². The van der Waals surface area contributed by atoms with Crippen molar-refractivity contribution in [1.29, 1.82) is 0 Å². The van der Waals surface area contributed by atoms with Crippen molar-refractivity contribution < 1.29 is 13.9 Å². The van der Waals surface area contributed by atoms with Gasteiger partial charge in [-0.1, -0.05) is 12.1 Å². The second-order valence-corrected chi connectivity index (χ2v) is 7.46. The van der Waals surface area contributed by atoms with E-state index in [0.29, 0.717) is 6.42 Å². The van der Waals surface area contributed by atoms with Crippen molar-refractivity contribution in [3.05, 3.63) is 102 Å². The van der Waals surface area contributed by atoms with Gasteiger partial charge in [-0.3, -0.25) is 14.8 Å². The molecule has 1 aromatic heterocycles. The van der Waals surface area contributed by atoms with Crippen LogP contribution in [0.5, 0.6) is 5.75 Å². The lowest BCUT2D eigenvalue weighted by molar-refractivity contribution is 0.0710. The van der Waals surface area contributed by atoms with Crippen molar-refractivity contribution in [3.8, 4) is 5.75 Å². The van der Waals surface area contributed by atoms with Crippen LogP contribution in [0.3, 0.4) is 0 Å². The van der Waals surface area contributed by atoms with Gasteiger partial charge in [0.1, 0.15) is 11.6 Å². The number of aromatic nitrogens is 2. The molecule has 1 amide bonds. The number of methoxy groups -OCH3 is 1. The monoisotopic (exact) mass is 426 g/mol. The first-order chi connectivity index (χ1) is 15.6. The lowest BCUT2D eigenvalue weighted by Gasteiger charge is -2.22. The smallest absolute Gasteiger partial charge is 0.274 e. The van der Waals surface area contributed by atoms with Crippen molar-refractivity contribution in [1.82, 2.24) is 15.0 Å². The van der Waals surface area contributed by atoms with Crippen LogP contribution in [-0.2, 0) is 0 Å². The fourth-order valence-electron chi connectivity index (χ4n) is 3.86. The number of ether oxygens (including phenoxy) is 1. The van der Waals surface area contributed by atoms with Crippen molar-refractivity contribution >= 4 is 22.7 Å². The average Bonchev–Trinajstić information content (AvgIpc) is 3.29. The number of rotatable bonds is 4. The van der Waals surface area contributed by atoms with E-state index in [0.717, 1.165) is 33.6 Å². The summed E-state index contributed by atoms with van der Waals surface area (Å²) in [6, 6.07) is 18.6. The minimum Gasteiger partial charge on any atom is -0.497 e. The molecule has 0 radical (unpaired) electrons. The number of hydrogen-bond donors (Lipinski definition) is 0. The third-order valence-corrected chi connectivity index (χ3v) is 5.49. The van der Waals surface area contributed by atoms with E-state index in [2.05, 4.69) is 15.1 Å². The molecule has 0 saturated carbocycles. The highest BCUT2D eigenvalue weighted by molar-refractivity contribution is 6.05. The number of carbonyl (C=O) groups excluding carboxylic acids is 1. The largest absolute Gasteiger partial charge is 0.497 e. The van der Waals surface area contributed by atoms with Gasteiger partial charge in [0.15, 0.2) is 0 Å². The van der Waals surface area contributed by atoms with Crippen LogP contribution in [0.2, 0.25) is 0 Å². The molecule has 0 unspecified atom stereocenters. The summed E-state index contributed by atoms with van der Waals surface area (Å²) in [5, 5.41) is 6.10. The van der Waals surface area contributed by atoms with Crippen LogP contribution in [0.25, 0.3) is 11.0 Å². The number of carbonyl (C=O) groups is 1. The molecule has 0 bridgehead atoms. The van der Waals surface area contributed by atoms with Gasteiger partial charge in [0.2, 0.25) is 0 Å². The molecule has 2 heterocycles. The predicted molar refractivity (Wildman–Crippen MR) is 119 cm³/mol. The summed E-state index contributed by atoms with van der Waals surface area (Å²) in [7, 11) is 1.61. The zero-order valence-corrected chi connectivity index (χ0v) is 17.3. The Hall–Kier alpha value is -4.13. The van der Waals surface area contributed by atoms with Crippen LogP contribution in [0.1, 0.15) is 33.9 Å². The van der Waals surface area contributed by atoms with E-state index >= 15 is 0 Å². The maximum atomic E-state index is 13.8. The van der Waals surface area contributed by atoms with E-state index in [1.165, 1.54) is 23.2 Å². The minimum atomic E-state index is -0.466. The molecule has 6 nitrogen and oxygen atoms in total. The maximum Gasteiger partial charge on any atom is 0.274 e. The summed E-state index contributed by atoms with van der Waals surface area (Å²) in [5.41, 5.74) is 4.30. The highest BCUT2D eigenvalue weighted by Gasteiger charge is 2.34. The first-order valence-corrected chi connectivity index (χ1v) is 10.1. The summed E-state index contributed by atoms with van der Waals surface area (Å²) in [4.78, 5) is 22.0. The molecule has 0 saturated heterocycles. The highest BCUT2D eigenvalue weighted by Crippen LogP contribution is 2.35. The zero-order chi connectivity index (χ0) is 22.1. The number of hydrogen-bond acceptors (Lipinski definition) is 5. The molecular weight excluding hydrogens is 407 g/mol. The fourth-order valence-corrected chi connectivity index (χ4v) is 3.86. The van der Waals surface area contributed by atoms with E-state index in [1.807, 2.05) is 42.5 Å². The number of amides is 1. The molecule has 0 fully saturated rings. The van der Waals surface area contributed by atoms with Crippen molar-refractivity contribution in [3.63, 3.8) is 0 Å². The second-order valence-electron chi connectivity index (χ2n) is 7.46. The predicted octanol–water partition coefficient (Wildman–Crippen LogP) is 4.77. The summed E-state index contributed by atoms with van der Waals surface area (Å²) in [6.45, 7) is 0. The van der Waals surface area contributed by atoms with Crippen molar-refractivity contribution in [2.45, 2.75) is 12.5 Å². The van der Waals surface area contributed by atoms with Crippen LogP contribution < -0.4 is 4.74 Å². The average molecular weight is 426 g/mol. The maximum absolute atomic E-state index is 13.8. The van der Waals surface area contributed by atoms with Crippen LogP contribution in [0.15, 0.2) is 84.2 Å². The molecular formula is C25H19FN4O2. The number of hydrazone groups is 1. The van der Waals surface area contributed by atoms with Gasteiger partial charge in [0, 0.05) is 24.4 Å².